The molecule has 1 saturated heterocycles. The predicted molar refractivity (Wildman–Crippen MR) is 81.9 cm³/mol. The van der Waals surface area contributed by atoms with Crippen molar-refractivity contribution in [3.8, 4) is 5.82 Å². The van der Waals surface area contributed by atoms with Gasteiger partial charge in [-0.15, -0.1) is 0 Å². The van der Waals surface area contributed by atoms with Gasteiger partial charge in [0.2, 0.25) is 0 Å². The van der Waals surface area contributed by atoms with E-state index in [0.717, 1.165) is 19.4 Å². The zero-order chi connectivity index (χ0) is 15.4. The molecule has 2 atom stereocenters. The van der Waals surface area contributed by atoms with E-state index in [1.165, 1.54) is 0 Å². The fraction of sp³-hybridized carbons (Fsp3) is 0.400. The van der Waals surface area contributed by atoms with Crippen LogP contribution in [0.3, 0.4) is 0 Å². The van der Waals surface area contributed by atoms with Crippen LogP contribution in [-0.2, 0) is 4.74 Å². The van der Waals surface area contributed by atoms with Gasteiger partial charge in [0.05, 0.1) is 24.0 Å². The van der Waals surface area contributed by atoms with Crippen molar-refractivity contribution >= 4 is 11.7 Å². The van der Waals surface area contributed by atoms with Gasteiger partial charge in [-0.1, -0.05) is 0 Å². The van der Waals surface area contributed by atoms with E-state index in [0.29, 0.717) is 11.5 Å². The number of nitrogens with zero attached hydrogens (tertiary/aromatic N) is 3. The van der Waals surface area contributed by atoms with Gasteiger partial charge in [0.1, 0.15) is 0 Å². The van der Waals surface area contributed by atoms with Crippen molar-refractivity contribution in [2.45, 2.75) is 31.9 Å². The van der Waals surface area contributed by atoms with Crippen LogP contribution in [-0.4, -0.2) is 39.5 Å². The molecule has 0 radical (unpaired) electrons. The predicted octanol–water partition coefficient (Wildman–Crippen LogP) is 1.96. The van der Waals surface area contributed by atoms with Crippen molar-refractivity contribution in [1.82, 2.24) is 20.1 Å². The zero-order valence-corrected chi connectivity index (χ0v) is 12.4. The van der Waals surface area contributed by atoms with E-state index < -0.39 is 0 Å². The van der Waals surface area contributed by atoms with Gasteiger partial charge in [0, 0.05) is 19.0 Å². The van der Waals surface area contributed by atoms with Gasteiger partial charge in [0.25, 0.3) is 0 Å². The lowest BCUT2D eigenvalue weighted by molar-refractivity contribution is 0.0868. The van der Waals surface area contributed by atoms with Gasteiger partial charge >= 0.3 is 6.03 Å². The Balaban J connectivity index is 1.55. The molecule has 0 spiro atoms. The Bertz CT molecular complexity index is 605. The third-order valence-corrected chi connectivity index (χ3v) is 3.63. The molecule has 0 bridgehead atoms. The van der Waals surface area contributed by atoms with Crippen molar-refractivity contribution in [2.75, 3.05) is 11.9 Å². The molecule has 2 unspecified atom stereocenters. The standard InChI is InChI=1S/C15H19N5O2/c1-11(13-4-2-9-22-13)18-15(21)19-12-5-6-14(16-10-12)20-8-3-7-17-20/h3,5-8,10-11,13H,2,4,9H2,1H3,(H2,18,19,21). The van der Waals surface area contributed by atoms with Gasteiger partial charge < -0.3 is 15.4 Å². The number of ether oxygens (including phenoxy) is 1. The van der Waals surface area contributed by atoms with Crippen LogP contribution in [0.25, 0.3) is 5.82 Å². The summed E-state index contributed by atoms with van der Waals surface area (Å²) in [6.45, 7) is 2.73. The first kappa shape index (κ1) is 14.5. The molecule has 2 aromatic heterocycles. The number of hydrogen-bond donors (Lipinski definition) is 2. The number of rotatable bonds is 4. The summed E-state index contributed by atoms with van der Waals surface area (Å²) in [6, 6.07) is 5.15. The third-order valence-electron chi connectivity index (χ3n) is 3.63. The van der Waals surface area contributed by atoms with Gasteiger partial charge in [-0.05, 0) is 38.0 Å². The summed E-state index contributed by atoms with van der Waals surface area (Å²) in [4.78, 5) is 16.2. The molecule has 7 heteroatoms. The second kappa shape index (κ2) is 6.57. The average Bonchev–Trinajstić information content (AvgIpc) is 3.21. The molecule has 116 valence electrons. The lowest BCUT2D eigenvalue weighted by Crippen LogP contribution is -2.43. The first-order valence-electron chi connectivity index (χ1n) is 7.37. The Kier molecular flexibility index (Phi) is 4.34. The number of pyridine rings is 1. The Labute approximate surface area is 128 Å². The molecule has 2 aromatic rings. The van der Waals surface area contributed by atoms with Gasteiger partial charge in [-0.2, -0.15) is 5.10 Å². The highest BCUT2D eigenvalue weighted by atomic mass is 16.5. The molecule has 7 nitrogen and oxygen atoms in total. The fourth-order valence-corrected chi connectivity index (χ4v) is 2.46. The van der Waals surface area contributed by atoms with Crippen molar-refractivity contribution < 1.29 is 9.53 Å². The lowest BCUT2D eigenvalue weighted by atomic mass is 10.1. The molecule has 3 heterocycles. The summed E-state index contributed by atoms with van der Waals surface area (Å²) in [7, 11) is 0. The van der Waals surface area contributed by atoms with Gasteiger partial charge in [-0.25, -0.2) is 14.5 Å². The number of anilines is 1. The molecule has 1 fully saturated rings. The second-order valence-corrected chi connectivity index (χ2v) is 5.29. The normalized spacial score (nSPS) is 18.9. The smallest absolute Gasteiger partial charge is 0.319 e. The van der Waals surface area contributed by atoms with Crippen LogP contribution >= 0.6 is 0 Å². The van der Waals surface area contributed by atoms with Crippen LogP contribution in [0.1, 0.15) is 19.8 Å². The highest BCUT2D eigenvalue weighted by Gasteiger charge is 2.23. The fourth-order valence-electron chi connectivity index (χ4n) is 2.46. The monoisotopic (exact) mass is 301 g/mol. The summed E-state index contributed by atoms with van der Waals surface area (Å²) in [5.41, 5.74) is 0.632. The van der Waals surface area contributed by atoms with E-state index in [-0.39, 0.29) is 18.2 Å². The number of amides is 2. The summed E-state index contributed by atoms with van der Waals surface area (Å²) >= 11 is 0. The minimum absolute atomic E-state index is 0.0150. The van der Waals surface area contributed by atoms with E-state index in [4.69, 9.17) is 4.74 Å². The van der Waals surface area contributed by atoms with Crippen LogP contribution < -0.4 is 10.6 Å². The van der Waals surface area contributed by atoms with Crippen LogP contribution in [0.5, 0.6) is 0 Å². The Morgan fingerprint density at radius 2 is 2.41 bits per heavy atom. The molecular formula is C15H19N5O2. The van der Waals surface area contributed by atoms with Crippen molar-refractivity contribution in [2.24, 2.45) is 0 Å². The molecule has 2 N–H and O–H groups in total. The molecule has 1 aliphatic heterocycles. The van der Waals surface area contributed by atoms with Crippen LogP contribution in [0.4, 0.5) is 10.5 Å². The van der Waals surface area contributed by atoms with Gasteiger partial charge in [0.15, 0.2) is 5.82 Å². The first-order chi connectivity index (χ1) is 10.7. The molecule has 0 aliphatic carbocycles. The van der Waals surface area contributed by atoms with Crippen molar-refractivity contribution in [1.29, 1.82) is 0 Å². The minimum Gasteiger partial charge on any atom is -0.376 e. The number of nitrogens with one attached hydrogen (secondary N) is 2. The third kappa shape index (κ3) is 3.43. The summed E-state index contributed by atoms with van der Waals surface area (Å²) < 4.78 is 7.21. The second-order valence-electron chi connectivity index (χ2n) is 5.29. The number of carbonyl (C=O) groups is 1. The van der Waals surface area contributed by atoms with Crippen LogP contribution in [0.15, 0.2) is 36.8 Å². The Morgan fingerprint density at radius 1 is 1.50 bits per heavy atom. The quantitative estimate of drug-likeness (QED) is 0.904. The topological polar surface area (TPSA) is 81.1 Å². The molecule has 22 heavy (non-hydrogen) atoms. The Hall–Kier alpha value is -2.41. The summed E-state index contributed by atoms with van der Waals surface area (Å²) in [5, 5.41) is 9.76. The molecular weight excluding hydrogens is 282 g/mol. The van der Waals surface area contributed by atoms with Crippen molar-refractivity contribution in [3.63, 3.8) is 0 Å². The molecule has 1 aliphatic rings. The van der Waals surface area contributed by atoms with Crippen molar-refractivity contribution in [3.05, 3.63) is 36.8 Å². The number of carbonyl (C=O) groups excluding carboxylic acids is 1. The molecule has 3 rings (SSSR count). The van der Waals surface area contributed by atoms with E-state index in [1.807, 2.05) is 19.2 Å². The molecule has 0 saturated carbocycles. The van der Waals surface area contributed by atoms with Crippen LogP contribution in [0.2, 0.25) is 0 Å². The largest absolute Gasteiger partial charge is 0.376 e. The summed E-state index contributed by atoms with van der Waals surface area (Å²) in [6.07, 6.45) is 7.25. The maximum absolute atomic E-state index is 12.0. The SMILES string of the molecule is CC(NC(=O)Nc1ccc(-n2cccn2)nc1)C1CCCO1. The minimum atomic E-state index is -0.253. The summed E-state index contributed by atoms with van der Waals surface area (Å²) in [5.74, 6) is 0.698. The van der Waals surface area contributed by atoms with E-state index in [9.17, 15) is 4.79 Å². The number of hydrogen-bond acceptors (Lipinski definition) is 4. The zero-order valence-electron chi connectivity index (χ0n) is 12.4. The Morgan fingerprint density at radius 3 is 3.05 bits per heavy atom. The van der Waals surface area contributed by atoms with Gasteiger partial charge in [-0.3, -0.25) is 0 Å². The van der Waals surface area contributed by atoms with E-state index >= 15 is 0 Å². The van der Waals surface area contributed by atoms with Crippen LogP contribution in [0, 0.1) is 0 Å². The molecule has 2 amide bonds. The molecule has 0 aromatic carbocycles. The first-order valence-corrected chi connectivity index (χ1v) is 7.37. The highest BCUT2D eigenvalue weighted by molar-refractivity contribution is 5.89. The maximum Gasteiger partial charge on any atom is 0.319 e. The average molecular weight is 301 g/mol. The lowest BCUT2D eigenvalue weighted by Gasteiger charge is -2.20. The number of urea groups is 1. The van der Waals surface area contributed by atoms with E-state index in [2.05, 4.69) is 20.7 Å². The maximum atomic E-state index is 12.0. The number of aromatic nitrogens is 3. The highest BCUT2D eigenvalue weighted by Crippen LogP contribution is 2.15. The van der Waals surface area contributed by atoms with E-state index in [1.54, 1.807) is 29.2 Å².